The van der Waals surface area contributed by atoms with Gasteiger partial charge in [0.15, 0.2) is 0 Å². The van der Waals surface area contributed by atoms with Gasteiger partial charge in [-0.3, -0.25) is 0 Å². The lowest BCUT2D eigenvalue weighted by Crippen LogP contribution is -2.51. The van der Waals surface area contributed by atoms with Gasteiger partial charge in [0, 0.05) is 12.1 Å². The number of ether oxygens (including phenoxy) is 1. The molecular weight excluding hydrogens is 204 g/mol. The maximum absolute atomic E-state index is 11.6. The first kappa shape index (κ1) is 13.3. The van der Waals surface area contributed by atoms with Crippen molar-refractivity contribution in [1.29, 1.82) is 0 Å². The highest BCUT2D eigenvalue weighted by Crippen LogP contribution is 2.18. The Morgan fingerprint density at radius 1 is 1.19 bits per heavy atom. The molecule has 1 rings (SSSR count). The summed E-state index contributed by atoms with van der Waals surface area (Å²) in [4.78, 5) is 11.6. The smallest absolute Gasteiger partial charge is 0.407 e. The van der Waals surface area contributed by atoms with Crippen LogP contribution < -0.4 is 10.6 Å². The van der Waals surface area contributed by atoms with E-state index in [0.717, 1.165) is 12.8 Å². The number of nitrogens with one attached hydrogen (secondary N) is 2. The minimum Gasteiger partial charge on any atom is -0.444 e. The average Bonchev–Trinajstić information content (AvgIpc) is 2.15. The van der Waals surface area contributed by atoms with E-state index in [-0.39, 0.29) is 12.1 Å². The maximum Gasteiger partial charge on any atom is 0.407 e. The van der Waals surface area contributed by atoms with Gasteiger partial charge in [0.1, 0.15) is 5.60 Å². The van der Waals surface area contributed by atoms with Crippen LogP contribution in [0, 0.1) is 0 Å². The van der Waals surface area contributed by atoms with Crippen molar-refractivity contribution in [2.45, 2.75) is 64.1 Å². The molecule has 0 heterocycles. The van der Waals surface area contributed by atoms with Crippen LogP contribution in [-0.2, 0) is 4.74 Å². The third kappa shape index (κ3) is 4.39. The molecule has 0 spiro atoms. The molecule has 16 heavy (non-hydrogen) atoms. The second-order valence-electron chi connectivity index (χ2n) is 5.43. The summed E-state index contributed by atoms with van der Waals surface area (Å²) < 4.78 is 5.26. The number of carbonyl (C=O) groups excluding carboxylic acids is 1. The molecule has 4 heteroatoms. The Labute approximate surface area is 98.1 Å². The molecule has 1 amide bonds. The van der Waals surface area contributed by atoms with Gasteiger partial charge in [-0.15, -0.1) is 0 Å². The summed E-state index contributed by atoms with van der Waals surface area (Å²) in [5.74, 6) is 0. The monoisotopic (exact) mass is 228 g/mol. The van der Waals surface area contributed by atoms with Gasteiger partial charge in [0.25, 0.3) is 0 Å². The van der Waals surface area contributed by atoms with Gasteiger partial charge in [0.2, 0.25) is 0 Å². The lowest BCUT2D eigenvalue weighted by molar-refractivity contribution is 0.0481. The van der Waals surface area contributed by atoms with Crippen molar-refractivity contribution in [3.8, 4) is 0 Å². The SMILES string of the molecule is CN[C@H]1CCCC[C@H]1NC(=O)OC(C)(C)C. The van der Waals surface area contributed by atoms with Crippen LogP contribution in [0.4, 0.5) is 4.79 Å². The number of alkyl carbamates (subject to hydrolysis) is 1. The van der Waals surface area contributed by atoms with E-state index in [1.54, 1.807) is 0 Å². The summed E-state index contributed by atoms with van der Waals surface area (Å²) in [6.07, 6.45) is 4.26. The number of amides is 1. The van der Waals surface area contributed by atoms with Crippen molar-refractivity contribution in [3.63, 3.8) is 0 Å². The van der Waals surface area contributed by atoms with Crippen LogP contribution in [0.25, 0.3) is 0 Å². The minimum atomic E-state index is -0.423. The fraction of sp³-hybridized carbons (Fsp3) is 0.917. The van der Waals surface area contributed by atoms with Crippen molar-refractivity contribution >= 4 is 6.09 Å². The normalized spacial score (nSPS) is 26.2. The highest BCUT2D eigenvalue weighted by molar-refractivity contribution is 5.68. The molecule has 0 aromatic rings. The largest absolute Gasteiger partial charge is 0.444 e. The van der Waals surface area contributed by atoms with Crippen LogP contribution in [0.3, 0.4) is 0 Å². The molecule has 0 aromatic heterocycles. The van der Waals surface area contributed by atoms with Crippen molar-refractivity contribution < 1.29 is 9.53 Å². The molecule has 1 fully saturated rings. The number of likely N-dealkylation sites (N-methyl/N-ethyl adjacent to an activating group) is 1. The molecule has 0 radical (unpaired) electrons. The van der Waals surface area contributed by atoms with E-state index >= 15 is 0 Å². The Morgan fingerprint density at radius 3 is 2.25 bits per heavy atom. The van der Waals surface area contributed by atoms with E-state index in [1.165, 1.54) is 12.8 Å². The Hall–Kier alpha value is -0.770. The number of rotatable bonds is 2. The van der Waals surface area contributed by atoms with Crippen molar-refractivity contribution in [2.24, 2.45) is 0 Å². The molecule has 2 atom stereocenters. The molecule has 0 unspecified atom stereocenters. The first-order valence-corrected chi connectivity index (χ1v) is 6.09. The molecule has 94 valence electrons. The zero-order valence-electron chi connectivity index (χ0n) is 10.8. The number of carbonyl (C=O) groups is 1. The van der Waals surface area contributed by atoms with E-state index in [2.05, 4.69) is 10.6 Å². The Bertz CT molecular complexity index is 236. The predicted molar refractivity (Wildman–Crippen MR) is 64.5 cm³/mol. The average molecular weight is 228 g/mol. The molecule has 2 N–H and O–H groups in total. The van der Waals surface area contributed by atoms with Crippen molar-refractivity contribution in [3.05, 3.63) is 0 Å². The fourth-order valence-corrected chi connectivity index (χ4v) is 2.11. The second-order valence-corrected chi connectivity index (χ2v) is 5.43. The highest BCUT2D eigenvalue weighted by Gasteiger charge is 2.26. The topological polar surface area (TPSA) is 50.4 Å². The van der Waals surface area contributed by atoms with Crippen LogP contribution in [0.15, 0.2) is 0 Å². The van der Waals surface area contributed by atoms with Crippen molar-refractivity contribution in [1.82, 2.24) is 10.6 Å². The summed E-state index contributed by atoms with van der Waals surface area (Å²) in [6.45, 7) is 5.63. The quantitative estimate of drug-likeness (QED) is 0.760. The minimum absolute atomic E-state index is 0.202. The lowest BCUT2D eigenvalue weighted by Gasteiger charge is -2.32. The molecule has 0 aliphatic heterocycles. The summed E-state index contributed by atoms with van der Waals surface area (Å²) in [5, 5.41) is 6.20. The third-order valence-corrected chi connectivity index (χ3v) is 2.84. The standard InChI is InChI=1S/C12H24N2O2/c1-12(2,3)16-11(15)14-10-8-6-5-7-9(10)13-4/h9-10,13H,5-8H2,1-4H3,(H,14,15)/t9-,10+/m0/s1. The Balaban J connectivity index is 2.42. The lowest BCUT2D eigenvalue weighted by atomic mass is 9.90. The molecular formula is C12H24N2O2. The molecule has 4 nitrogen and oxygen atoms in total. The Morgan fingerprint density at radius 2 is 1.75 bits per heavy atom. The number of hydrogen-bond acceptors (Lipinski definition) is 3. The second kappa shape index (κ2) is 5.53. The van der Waals surface area contributed by atoms with Crippen molar-refractivity contribution in [2.75, 3.05) is 7.05 Å². The zero-order chi connectivity index (χ0) is 12.2. The van der Waals surface area contributed by atoms with E-state index in [0.29, 0.717) is 6.04 Å². The summed E-state index contributed by atoms with van der Waals surface area (Å²) in [7, 11) is 1.94. The van der Waals surface area contributed by atoms with Gasteiger partial charge in [-0.1, -0.05) is 12.8 Å². The fourth-order valence-electron chi connectivity index (χ4n) is 2.11. The van der Waals surface area contributed by atoms with Crippen LogP contribution in [-0.4, -0.2) is 30.8 Å². The molecule has 0 saturated heterocycles. The number of hydrogen-bond donors (Lipinski definition) is 2. The third-order valence-electron chi connectivity index (χ3n) is 2.84. The van der Waals surface area contributed by atoms with Gasteiger partial charge in [-0.25, -0.2) is 4.79 Å². The highest BCUT2D eigenvalue weighted by atomic mass is 16.6. The summed E-state index contributed by atoms with van der Waals surface area (Å²) in [5.41, 5.74) is -0.423. The van der Waals surface area contributed by atoms with Crippen LogP contribution in [0.5, 0.6) is 0 Å². The molecule has 0 bridgehead atoms. The van der Waals surface area contributed by atoms with Gasteiger partial charge in [-0.05, 0) is 40.7 Å². The molecule has 1 aliphatic rings. The van der Waals surface area contributed by atoms with Gasteiger partial charge >= 0.3 is 6.09 Å². The molecule has 0 aromatic carbocycles. The first-order valence-electron chi connectivity index (χ1n) is 6.09. The van der Waals surface area contributed by atoms with Gasteiger partial charge < -0.3 is 15.4 Å². The maximum atomic E-state index is 11.6. The van der Waals surface area contributed by atoms with E-state index in [9.17, 15) is 4.79 Å². The Kier molecular flexibility index (Phi) is 4.59. The predicted octanol–water partition coefficient (Wildman–Crippen LogP) is 2.04. The zero-order valence-corrected chi connectivity index (χ0v) is 10.8. The van der Waals surface area contributed by atoms with Gasteiger partial charge in [-0.2, -0.15) is 0 Å². The summed E-state index contributed by atoms with van der Waals surface area (Å²) >= 11 is 0. The van der Waals surface area contributed by atoms with Crippen LogP contribution in [0.1, 0.15) is 46.5 Å². The van der Waals surface area contributed by atoms with E-state index < -0.39 is 5.60 Å². The molecule has 1 saturated carbocycles. The van der Waals surface area contributed by atoms with Crippen LogP contribution in [0.2, 0.25) is 0 Å². The molecule has 1 aliphatic carbocycles. The van der Waals surface area contributed by atoms with E-state index in [1.807, 2.05) is 27.8 Å². The van der Waals surface area contributed by atoms with E-state index in [4.69, 9.17) is 4.74 Å². The van der Waals surface area contributed by atoms with Gasteiger partial charge in [0.05, 0.1) is 0 Å². The summed E-state index contributed by atoms with van der Waals surface area (Å²) in [6, 6.07) is 0.579. The first-order chi connectivity index (χ1) is 7.42. The van der Waals surface area contributed by atoms with Crippen LogP contribution >= 0.6 is 0 Å².